The second-order valence-corrected chi connectivity index (χ2v) is 8.12. The van der Waals surface area contributed by atoms with Gasteiger partial charge in [-0.1, -0.05) is 25.1 Å². The fourth-order valence-corrected chi connectivity index (χ4v) is 4.07. The van der Waals surface area contributed by atoms with Crippen LogP contribution >= 0.6 is 0 Å². The number of aromatic nitrogens is 3. The number of aromatic amines is 1. The van der Waals surface area contributed by atoms with Crippen LogP contribution in [-0.4, -0.2) is 21.6 Å². The van der Waals surface area contributed by atoms with Gasteiger partial charge in [0.15, 0.2) is 5.43 Å². The van der Waals surface area contributed by atoms with Gasteiger partial charge in [0.05, 0.1) is 24.9 Å². The lowest BCUT2D eigenvalue weighted by Gasteiger charge is -2.14. The molecule has 1 N–H and O–H groups in total. The molecule has 0 saturated heterocycles. The second-order valence-electron chi connectivity index (χ2n) is 8.12. The highest BCUT2D eigenvalue weighted by Crippen LogP contribution is 2.30. The van der Waals surface area contributed by atoms with Crippen molar-refractivity contribution in [3.63, 3.8) is 0 Å². The number of fused-ring (bicyclic) bond motifs is 1. The van der Waals surface area contributed by atoms with E-state index in [1.165, 1.54) is 17.7 Å². The van der Waals surface area contributed by atoms with Gasteiger partial charge in [-0.25, -0.2) is 9.37 Å². The van der Waals surface area contributed by atoms with Gasteiger partial charge < -0.3 is 14.3 Å². The van der Waals surface area contributed by atoms with E-state index in [-0.39, 0.29) is 11.3 Å². The van der Waals surface area contributed by atoms with E-state index in [9.17, 15) is 9.18 Å². The zero-order chi connectivity index (χ0) is 24.2. The molecule has 0 bridgehead atoms. The lowest BCUT2D eigenvalue weighted by atomic mass is 9.96. The molecule has 0 aliphatic rings. The Labute approximate surface area is 198 Å². The topological polar surface area (TPSA) is 59.9 Å². The summed E-state index contributed by atoms with van der Waals surface area (Å²) >= 11 is 0. The van der Waals surface area contributed by atoms with Gasteiger partial charge in [-0.2, -0.15) is 0 Å². The Kier molecular flexibility index (Phi) is 6.77. The molecule has 0 aliphatic carbocycles. The predicted molar refractivity (Wildman–Crippen MR) is 136 cm³/mol. The van der Waals surface area contributed by atoms with Gasteiger partial charge in [-0.05, 0) is 73.4 Å². The number of methoxy groups -OCH3 is 1. The summed E-state index contributed by atoms with van der Waals surface area (Å²) in [5.74, 6) is 1.24. The quantitative estimate of drug-likeness (QED) is 0.336. The van der Waals surface area contributed by atoms with Gasteiger partial charge in [0.25, 0.3) is 0 Å². The third kappa shape index (κ3) is 4.71. The van der Waals surface area contributed by atoms with Crippen molar-refractivity contribution in [3.05, 3.63) is 99.6 Å². The lowest BCUT2D eigenvalue weighted by molar-refractivity contribution is 0.414. The van der Waals surface area contributed by atoms with Crippen molar-refractivity contribution in [2.45, 2.75) is 33.7 Å². The number of aryl methyl sites for hydroxylation is 2. The molecular formula is C28H28FN3O2. The lowest BCUT2D eigenvalue weighted by Crippen LogP contribution is -2.10. The number of hydrogen-bond donors (Lipinski definition) is 1. The predicted octanol–water partition coefficient (Wildman–Crippen LogP) is 6.21. The Bertz CT molecular complexity index is 1460. The van der Waals surface area contributed by atoms with Crippen molar-refractivity contribution < 1.29 is 9.13 Å². The van der Waals surface area contributed by atoms with E-state index < -0.39 is 0 Å². The Balaban J connectivity index is 1.76. The fourth-order valence-electron chi connectivity index (χ4n) is 4.07. The third-order valence-corrected chi connectivity index (χ3v) is 5.95. The smallest absolute Gasteiger partial charge is 0.189 e. The average Bonchev–Trinajstić information content (AvgIpc) is 3.22. The molecule has 0 fully saturated rings. The van der Waals surface area contributed by atoms with Crippen molar-refractivity contribution in [2.75, 3.05) is 7.11 Å². The SMILES string of the molecule is C/C=C(F)\C=C/c1nc(Cn2ccc(=O)c3ccc(-c4ccc(OC)cc4CC)cc32)[nH]c1C. The van der Waals surface area contributed by atoms with Crippen LogP contribution in [0.15, 0.2) is 71.4 Å². The largest absolute Gasteiger partial charge is 0.497 e. The molecule has 0 aliphatic heterocycles. The van der Waals surface area contributed by atoms with Crippen molar-refractivity contribution in [1.29, 1.82) is 0 Å². The summed E-state index contributed by atoms with van der Waals surface area (Å²) in [5, 5.41) is 0.649. The molecule has 0 amide bonds. The van der Waals surface area contributed by atoms with Crippen molar-refractivity contribution >= 4 is 17.0 Å². The van der Waals surface area contributed by atoms with E-state index in [2.05, 4.69) is 35.1 Å². The number of imidazole rings is 1. The highest BCUT2D eigenvalue weighted by Gasteiger charge is 2.11. The summed E-state index contributed by atoms with van der Waals surface area (Å²) in [4.78, 5) is 20.5. The first kappa shape index (κ1) is 23.2. The molecule has 0 atom stereocenters. The third-order valence-electron chi connectivity index (χ3n) is 5.95. The first-order valence-corrected chi connectivity index (χ1v) is 11.3. The number of allylic oxidation sites excluding steroid dienone is 3. The number of ether oxygens (including phenoxy) is 1. The number of H-pyrrole nitrogens is 1. The van der Waals surface area contributed by atoms with Gasteiger partial charge in [-0.3, -0.25) is 4.79 Å². The Morgan fingerprint density at radius 3 is 2.76 bits per heavy atom. The summed E-state index contributed by atoms with van der Waals surface area (Å²) in [6.07, 6.45) is 7.10. The van der Waals surface area contributed by atoms with Crippen LogP contribution in [-0.2, 0) is 13.0 Å². The number of rotatable bonds is 7. The maximum Gasteiger partial charge on any atom is 0.189 e. The first-order chi connectivity index (χ1) is 16.4. The van der Waals surface area contributed by atoms with Crippen molar-refractivity contribution in [3.8, 4) is 16.9 Å². The van der Waals surface area contributed by atoms with Gasteiger partial charge in [-0.15, -0.1) is 0 Å². The number of halogens is 1. The molecule has 0 unspecified atom stereocenters. The van der Waals surface area contributed by atoms with Crippen LogP contribution in [0.25, 0.3) is 28.1 Å². The monoisotopic (exact) mass is 457 g/mol. The number of hydrogen-bond acceptors (Lipinski definition) is 3. The maximum absolute atomic E-state index is 13.5. The number of nitrogens with one attached hydrogen (secondary N) is 1. The Morgan fingerprint density at radius 1 is 1.21 bits per heavy atom. The summed E-state index contributed by atoms with van der Waals surface area (Å²) in [5.41, 5.74) is 5.66. The molecule has 0 radical (unpaired) electrons. The summed E-state index contributed by atoms with van der Waals surface area (Å²) in [6.45, 7) is 6.11. The van der Waals surface area contributed by atoms with Crippen LogP contribution in [0.2, 0.25) is 0 Å². The molecule has 2 aromatic carbocycles. The van der Waals surface area contributed by atoms with Crippen LogP contribution in [0.1, 0.15) is 36.6 Å². The van der Waals surface area contributed by atoms with Crippen LogP contribution in [0.5, 0.6) is 5.75 Å². The van der Waals surface area contributed by atoms with Gasteiger partial charge in [0.2, 0.25) is 0 Å². The molecule has 0 spiro atoms. The minimum absolute atomic E-state index is 0.0238. The van der Waals surface area contributed by atoms with Crippen molar-refractivity contribution in [1.82, 2.24) is 14.5 Å². The first-order valence-electron chi connectivity index (χ1n) is 11.3. The number of pyridine rings is 1. The van der Waals surface area contributed by atoms with Crippen LogP contribution in [0, 0.1) is 6.92 Å². The van der Waals surface area contributed by atoms with E-state index in [0.717, 1.165) is 40.3 Å². The molecule has 34 heavy (non-hydrogen) atoms. The van der Waals surface area contributed by atoms with E-state index >= 15 is 0 Å². The summed E-state index contributed by atoms with van der Waals surface area (Å²) in [7, 11) is 1.66. The molecule has 5 nitrogen and oxygen atoms in total. The molecule has 4 aromatic rings. The van der Waals surface area contributed by atoms with Gasteiger partial charge in [0.1, 0.15) is 17.4 Å². The molecule has 4 rings (SSSR count). The van der Waals surface area contributed by atoms with Gasteiger partial charge >= 0.3 is 0 Å². The standard InChI is InChI=1S/C28H28FN3O2/c1-5-19-15-22(34-4)9-11-23(19)20-7-10-24-26(16-20)32(14-13-27(24)33)17-28-30-18(3)25(31-28)12-8-21(29)6-2/h6-16H,5,17H2,1-4H3,(H,30,31)/b12-8-,21-6+. The highest BCUT2D eigenvalue weighted by molar-refractivity contribution is 5.85. The zero-order valence-electron chi connectivity index (χ0n) is 19.9. The molecule has 2 aromatic heterocycles. The summed E-state index contributed by atoms with van der Waals surface area (Å²) < 4.78 is 20.9. The Hall–Kier alpha value is -3.93. The molecule has 6 heteroatoms. The normalized spacial score (nSPS) is 12.1. The van der Waals surface area contributed by atoms with Crippen LogP contribution in [0.4, 0.5) is 4.39 Å². The summed E-state index contributed by atoms with van der Waals surface area (Å²) in [6, 6.07) is 13.6. The minimum Gasteiger partial charge on any atom is -0.497 e. The number of benzene rings is 2. The average molecular weight is 458 g/mol. The van der Waals surface area contributed by atoms with Crippen LogP contribution in [0.3, 0.4) is 0 Å². The van der Waals surface area contributed by atoms with Crippen LogP contribution < -0.4 is 10.2 Å². The highest BCUT2D eigenvalue weighted by atomic mass is 19.1. The zero-order valence-corrected chi connectivity index (χ0v) is 19.9. The van der Waals surface area contributed by atoms with E-state index in [1.807, 2.05) is 29.7 Å². The van der Waals surface area contributed by atoms with E-state index in [1.54, 1.807) is 32.4 Å². The molecule has 2 heterocycles. The second kappa shape index (κ2) is 9.91. The molecule has 0 saturated carbocycles. The fraction of sp³-hybridized carbons (Fsp3) is 0.214. The molecule has 174 valence electrons. The maximum atomic E-state index is 13.5. The molecular weight excluding hydrogens is 429 g/mol. The Morgan fingerprint density at radius 2 is 2.03 bits per heavy atom. The van der Waals surface area contributed by atoms with Crippen molar-refractivity contribution in [2.24, 2.45) is 0 Å². The van der Waals surface area contributed by atoms with E-state index in [4.69, 9.17) is 4.74 Å². The minimum atomic E-state index is -0.312. The van der Waals surface area contributed by atoms with E-state index in [0.29, 0.717) is 17.6 Å². The number of nitrogens with zero attached hydrogens (tertiary/aromatic N) is 2. The van der Waals surface area contributed by atoms with Gasteiger partial charge in [0, 0.05) is 23.3 Å².